The van der Waals surface area contributed by atoms with Crippen LogP contribution in [0.5, 0.6) is 11.5 Å². The minimum Gasteiger partial charge on any atom is -0.457 e. The van der Waals surface area contributed by atoms with Crippen LogP contribution < -0.4 is 20.3 Å². The number of hydrogen-bond acceptors (Lipinski definition) is 5. The van der Waals surface area contributed by atoms with E-state index in [0.29, 0.717) is 0 Å². The molecular weight excluding hydrogens is 300 g/mol. The maximum absolute atomic E-state index is 5.87. The molecule has 2 aromatic rings. The highest BCUT2D eigenvalue weighted by atomic mass is 16.5. The third-order valence-corrected chi connectivity index (χ3v) is 5.04. The molecule has 0 bridgehead atoms. The minimum atomic E-state index is 0.198. The zero-order valence-electron chi connectivity index (χ0n) is 13.9. The van der Waals surface area contributed by atoms with E-state index in [-0.39, 0.29) is 5.54 Å². The van der Waals surface area contributed by atoms with Crippen LogP contribution in [0.25, 0.3) is 0 Å². The van der Waals surface area contributed by atoms with Gasteiger partial charge in [0.25, 0.3) is 0 Å². The van der Waals surface area contributed by atoms with E-state index in [1.165, 1.54) is 24.9 Å². The number of hydrogen-bond donors (Lipinski definition) is 2. The van der Waals surface area contributed by atoms with Crippen molar-refractivity contribution in [2.24, 2.45) is 0 Å². The van der Waals surface area contributed by atoms with Crippen LogP contribution in [0.3, 0.4) is 0 Å². The first-order chi connectivity index (χ1) is 11.9. The summed E-state index contributed by atoms with van der Waals surface area (Å²) in [6, 6.07) is 12.2. The molecular formula is C19H24N4O. The molecule has 2 aliphatic heterocycles. The molecule has 3 heterocycles. The number of nitrogens with zero attached hydrogens (tertiary/aromatic N) is 2. The van der Waals surface area contributed by atoms with Gasteiger partial charge in [0.15, 0.2) is 0 Å². The van der Waals surface area contributed by atoms with E-state index in [9.17, 15) is 0 Å². The van der Waals surface area contributed by atoms with Crippen molar-refractivity contribution in [3.05, 3.63) is 48.8 Å². The fourth-order valence-electron chi connectivity index (χ4n) is 3.84. The van der Waals surface area contributed by atoms with Crippen molar-refractivity contribution in [3.63, 3.8) is 0 Å². The quantitative estimate of drug-likeness (QED) is 0.909. The highest BCUT2D eigenvalue weighted by Gasteiger charge is 2.39. The number of nitrogens with one attached hydrogen (secondary N) is 2. The predicted molar refractivity (Wildman–Crippen MR) is 95.6 cm³/mol. The van der Waals surface area contributed by atoms with Gasteiger partial charge >= 0.3 is 0 Å². The largest absolute Gasteiger partial charge is 0.457 e. The molecule has 1 aromatic carbocycles. The van der Waals surface area contributed by atoms with Crippen LogP contribution in [0, 0.1) is 0 Å². The fourth-order valence-corrected chi connectivity index (χ4v) is 3.84. The number of aromatic nitrogens is 1. The summed E-state index contributed by atoms with van der Waals surface area (Å²) in [6.45, 7) is 4.13. The normalized spacial score (nSPS) is 20.1. The summed E-state index contributed by atoms with van der Waals surface area (Å²) in [5.41, 5.74) is 1.48. The van der Waals surface area contributed by atoms with Crippen molar-refractivity contribution in [1.29, 1.82) is 0 Å². The summed E-state index contributed by atoms with van der Waals surface area (Å²) in [4.78, 5) is 6.59. The third-order valence-electron chi connectivity index (χ3n) is 5.04. The minimum absolute atomic E-state index is 0.198. The molecule has 24 heavy (non-hydrogen) atoms. The van der Waals surface area contributed by atoms with E-state index in [1.807, 2.05) is 12.1 Å². The maximum Gasteiger partial charge on any atom is 0.130 e. The van der Waals surface area contributed by atoms with Crippen molar-refractivity contribution in [2.45, 2.75) is 24.8 Å². The van der Waals surface area contributed by atoms with Gasteiger partial charge in [0.2, 0.25) is 0 Å². The first-order valence-electron chi connectivity index (χ1n) is 8.73. The molecule has 5 heteroatoms. The molecule has 5 nitrogen and oxygen atoms in total. The SMILES string of the molecule is c1cc(Oc2ccc(N3CCCCC34CNCNC4)cc2)ccn1. The van der Waals surface area contributed by atoms with Crippen LogP contribution in [0.1, 0.15) is 19.3 Å². The smallest absolute Gasteiger partial charge is 0.130 e. The Kier molecular flexibility index (Phi) is 4.36. The molecule has 2 fully saturated rings. The van der Waals surface area contributed by atoms with E-state index in [1.54, 1.807) is 12.4 Å². The van der Waals surface area contributed by atoms with Crippen molar-refractivity contribution >= 4 is 5.69 Å². The summed E-state index contributed by atoms with van der Waals surface area (Å²) in [5.74, 6) is 1.67. The molecule has 1 aromatic heterocycles. The molecule has 0 aliphatic carbocycles. The van der Waals surface area contributed by atoms with Crippen molar-refractivity contribution < 1.29 is 4.74 Å². The number of piperidine rings is 1. The summed E-state index contributed by atoms with van der Waals surface area (Å²) in [6.07, 6.45) is 7.29. The van der Waals surface area contributed by atoms with Crippen molar-refractivity contribution in [2.75, 3.05) is 31.2 Å². The second kappa shape index (κ2) is 6.79. The van der Waals surface area contributed by atoms with Gasteiger partial charge in [0.1, 0.15) is 11.5 Å². The Hall–Kier alpha value is -2.11. The van der Waals surface area contributed by atoms with Gasteiger partial charge in [0.05, 0.1) is 5.54 Å². The van der Waals surface area contributed by atoms with Crippen LogP contribution in [0.15, 0.2) is 48.8 Å². The second-order valence-corrected chi connectivity index (χ2v) is 6.64. The molecule has 4 rings (SSSR count). The lowest BCUT2D eigenvalue weighted by Crippen LogP contribution is -2.67. The van der Waals surface area contributed by atoms with E-state index in [2.05, 4.69) is 44.8 Å². The van der Waals surface area contributed by atoms with Crippen LogP contribution in [-0.4, -0.2) is 36.8 Å². The van der Waals surface area contributed by atoms with E-state index in [4.69, 9.17) is 4.74 Å². The Bertz CT molecular complexity index is 645. The van der Waals surface area contributed by atoms with Crippen LogP contribution >= 0.6 is 0 Å². The summed E-state index contributed by atoms with van der Waals surface area (Å²) >= 11 is 0. The third kappa shape index (κ3) is 3.09. The molecule has 0 amide bonds. The number of ether oxygens (including phenoxy) is 1. The Morgan fingerprint density at radius 3 is 2.38 bits per heavy atom. The molecule has 0 atom stereocenters. The fraction of sp³-hybridized carbons (Fsp3) is 0.421. The lowest BCUT2D eigenvalue weighted by Gasteiger charge is -2.51. The lowest BCUT2D eigenvalue weighted by molar-refractivity contribution is 0.246. The van der Waals surface area contributed by atoms with Gasteiger partial charge in [-0.3, -0.25) is 4.98 Å². The van der Waals surface area contributed by atoms with Crippen molar-refractivity contribution in [1.82, 2.24) is 15.6 Å². The Labute approximate surface area is 143 Å². The molecule has 0 unspecified atom stereocenters. The van der Waals surface area contributed by atoms with Gasteiger partial charge < -0.3 is 20.3 Å². The standard InChI is InChI=1S/C19H24N4O/c1-2-12-23(19(9-1)13-21-15-22-14-19)16-3-5-17(6-4-16)24-18-7-10-20-11-8-18/h3-8,10-11,21-22H,1-2,9,12-15H2. The highest BCUT2D eigenvalue weighted by Crippen LogP contribution is 2.34. The van der Waals surface area contributed by atoms with E-state index >= 15 is 0 Å². The topological polar surface area (TPSA) is 49.4 Å². The Balaban J connectivity index is 1.53. The number of benzene rings is 1. The van der Waals surface area contributed by atoms with Gasteiger partial charge in [0, 0.05) is 44.4 Å². The first kappa shape index (κ1) is 15.4. The average molecular weight is 324 g/mol. The summed E-state index contributed by atoms with van der Waals surface area (Å²) in [5, 5.41) is 7.01. The van der Waals surface area contributed by atoms with Crippen LogP contribution in [0.2, 0.25) is 0 Å². The van der Waals surface area contributed by atoms with Gasteiger partial charge in [-0.15, -0.1) is 0 Å². The number of pyridine rings is 1. The average Bonchev–Trinajstić information content (AvgIpc) is 2.65. The van der Waals surface area contributed by atoms with Gasteiger partial charge in [-0.05, 0) is 55.7 Å². The molecule has 1 spiro atoms. The summed E-state index contributed by atoms with van der Waals surface area (Å²) < 4.78 is 5.87. The molecule has 126 valence electrons. The van der Waals surface area contributed by atoms with E-state index in [0.717, 1.165) is 37.8 Å². The monoisotopic (exact) mass is 324 g/mol. The zero-order chi connectivity index (χ0) is 16.2. The van der Waals surface area contributed by atoms with Gasteiger partial charge in [-0.1, -0.05) is 0 Å². The molecule has 0 radical (unpaired) electrons. The Morgan fingerprint density at radius 1 is 0.917 bits per heavy atom. The first-order valence-corrected chi connectivity index (χ1v) is 8.73. The summed E-state index contributed by atoms with van der Waals surface area (Å²) in [7, 11) is 0. The Morgan fingerprint density at radius 2 is 1.62 bits per heavy atom. The van der Waals surface area contributed by atoms with Crippen molar-refractivity contribution in [3.8, 4) is 11.5 Å². The lowest BCUT2D eigenvalue weighted by atomic mass is 9.84. The molecule has 2 saturated heterocycles. The molecule has 0 saturated carbocycles. The van der Waals surface area contributed by atoms with Gasteiger partial charge in [-0.25, -0.2) is 0 Å². The molecule has 2 N–H and O–H groups in total. The van der Waals surface area contributed by atoms with Crippen LogP contribution in [-0.2, 0) is 0 Å². The maximum atomic E-state index is 5.87. The number of anilines is 1. The van der Waals surface area contributed by atoms with E-state index < -0.39 is 0 Å². The zero-order valence-corrected chi connectivity index (χ0v) is 13.9. The highest BCUT2D eigenvalue weighted by molar-refractivity contribution is 5.53. The van der Waals surface area contributed by atoms with Gasteiger partial charge in [-0.2, -0.15) is 0 Å². The number of rotatable bonds is 3. The second-order valence-electron chi connectivity index (χ2n) is 6.64. The predicted octanol–water partition coefficient (Wildman–Crippen LogP) is 2.75. The van der Waals surface area contributed by atoms with Crippen LogP contribution in [0.4, 0.5) is 5.69 Å². The molecule has 2 aliphatic rings.